The Morgan fingerprint density at radius 3 is 1.42 bits per heavy atom. The second kappa shape index (κ2) is 12.8. The molecule has 0 nitrogen and oxygen atoms in total. The van der Waals surface area contributed by atoms with Gasteiger partial charge in [0.1, 0.15) is 0 Å². The highest BCUT2D eigenvalue weighted by Crippen LogP contribution is 2.62. The Hall–Kier alpha value is -3.30. The Morgan fingerprint density at radius 2 is 0.933 bits per heavy atom. The monoisotopic (exact) mass is 617 g/mol. The van der Waals surface area contributed by atoms with E-state index in [1.807, 2.05) is 0 Å². The zero-order valence-corrected chi connectivity index (χ0v) is 28.5. The quantitative estimate of drug-likeness (QED) is 0.157. The molecular formula is C43H39P2. The molecule has 6 aromatic carbocycles. The molecule has 0 aliphatic heterocycles. The number of hydrogen-bond donors (Lipinski definition) is 0. The summed E-state index contributed by atoms with van der Waals surface area (Å²) in [6.07, 6.45) is 7.16. The lowest BCUT2D eigenvalue weighted by Gasteiger charge is -2.37. The first kappa shape index (κ1) is 30.4. The zero-order chi connectivity index (χ0) is 31.1. The molecule has 1 unspecified atom stereocenters. The van der Waals surface area contributed by atoms with Crippen molar-refractivity contribution in [1.29, 1.82) is 0 Å². The first-order chi connectivity index (χ1) is 21.9. The van der Waals surface area contributed by atoms with Crippen LogP contribution >= 0.6 is 15.8 Å². The van der Waals surface area contributed by atoms with Crippen LogP contribution in [0.15, 0.2) is 121 Å². The fourth-order valence-electron chi connectivity index (χ4n) is 7.09. The van der Waals surface area contributed by atoms with Gasteiger partial charge in [0.05, 0.1) is 0 Å². The van der Waals surface area contributed by atoms with Crippen molar-refractivity contribution in [3.8, 4) is 0 Å². The van der Waals surface area contributed by atoms with Gasteiger partial charge in [-0.3, -0.25) is 0 Å². The number of aryl methyl sites for hydroxylation is 4. The number of rotatable bonds is 7. The van der Waals surface area contributed by atoms with E-state index in [1.54, 1.807) is 0 Å². The Kier molecular flexibility index (Phi) is 8.66. The van der Waals surface area contributed by atoms with Crippen LogP contribution in [0.1, 0.15) is 29.2 Å². The van der Waals surface area contributed by atoms with Gasteiger partial charge in [0, 0.05) is 5.66 Å². The molecule has 221 valence electrons. The third kappa shape index (κ3) is 6.01. The summed E-state index contributed by atoms with van der Waals surface area (Å²) in [4.78, 5) is 0. The van der Waals surface area contributed by atoms with Crippen molar-refractivity contribution in [3.05, 3.63) is 174 Å². The Bertz CT molecular complexity index is 1810. The smallest absolute Gasteiger partial charge is 0.0202 e. The summed E-state index contributed by atoms with van der Waals surface area (Å²) < 4.78 is 0. The van der Waals surface area contributed by atoms with Crippen LogP contribution in [0.2, 0.25) is 0 Å². The minimum atomic E-state index is -0.839. The summed E-state index contributed by atoms with van der Waals surface area (Å²) >= 11 is 0. The minimum Gasteiger partial charge on any atom is -0.0616 e. The molecule has 1 atom stereocenters. The van der Waals surface area contributed by atoms with Crippen molar-refractivity contribution in [2.24, 2.45) is 0 Å². The topological polar surface area (TPSA) is 0 Å². The third-order valence-electron chi connectivity index (χ3n) is 8.89. The molecular weight excluding hydrogens is 578 g/mol. The van der Waals surface area contributed by atoms with Gasteiger partial charge in [-0.25, -0.2) is 0 Å². The van der Waals surface area contributed by atoms with E-state index >= 15 is 0 Å². The van der Waals surface area contributed by atoms with Gasteiger partial charge >= 0.3 is 0 Å². The maximum Gasteiger partial charge on any atom is 0.0202 e. The molecule has 1 fully saturated rings. The van der Waals surface area contributed by atoms with Gasteiger partial charge in [0.15, 0.2) is 0 Å². The van der Waals surface area contributed by atoms with Gasteiger partial charge in [0.2, 0.25) is 0 Å². The van der Waals surface area contributed by atoms with E-state index in [-0.39, 0.29) is 0 Å². The van der Waals surface area contributed by atoms with E-state index in [1.165, 1.54) is 76.6 Å². The van der Waals surface area contributed by atoms with Crippen molar-refractivity contribution in [2.75, 3.05) is 0 Å². The highest BCUT2D eigenvalue weighted by Gasteiger charge is 2.43. The maximum absolute atomic E-state index is 2.49. The largest absolute Gasteiger partial charge is 0.0616 e. The third-order valence-corrected chi connectivity index (χ3v) is 14.2. The second-order valence-corrected chi connectivity index (χ2v) is 17.1. The maximum atomic E-state index is 2.49. The average molecular weight is 618 g/mol. The SMILES string of the molecule is Cc1cc(C)cc(P(c2cc(C)cc(C)c2)C(C)[C]2[CH][CH][CH][C]2P(c2cccc3ccccc23)c2cccc3ccccc23)c1. The lowest BCUT2D eigenvalue weighted by molar-refractivity contribution is 1.00. The molecule has 0 N–H and O–H groups in total. The van der Waals surface area contributed by atoms with E-state index < -0.39 is 15.8 Å². The lowest BCUT2D eigenvalue weighted by atomic mass is 10.0. The van der Waals surface area contributed by atoms with Gasteiger partial charge in [-0.1, -0.05) is 151 Å². The molecule has 5 radical (unpaired) electrons. The van der Waals surface area contributed by atoms with E-state index in [9.17, 15) is 0 Å². The standard InChI is InChI=1S/C43H39P2/c1-29-23-30(2)26-36(25-29)44(37-27-31(3)24-32(4)28-37)33(5)38-19-12-22-41(38)45(42-20-10-15-34-13-6-8-17-39(34)42)43-21-11-16-35-14-7-9-18-40(35)43/h6-28,33H,1-5H3. The summed E-state index contributed by atoms with van der Waals surface area (Å²) in [5, 5.41) is 11.1. The molecule has 45 heavy (non-hydrogen) atoms. The summed E-state index contributed by atoms with van der Waals surface area (Å²) in [5.41, 5.74) is 7.17. The van der Waals surface area contributed by atoms with Crippen LogP contribution in [0.4, 0.5) is 0 Å². The number of fused-ring (bicyclic) bond motifs is 2. The molecule has 1 aliphatic rings. The highest BCUT2D eigenvalue weighted by molar-refractivity contribution is 7.77. The van der Waals surface area contributed by atoms with Crippen LogP contribution in [-0.2, 0) is 0 Å². The van der Waals surface area contributed by atoms with Gasteiger partial charge in [-0.15, -0.1) is 0 Å². The normalized spacial score (nSPS) is 15.1. The molecule has 0 aromatic heterocycles. The number of benzene rings is 6. The van der Waals surface area contributed by atoms with E-state index in [2.05, 4.69) is 175 Å². The fraction of sp³-hybridized carbons (Fsp3) is 0.140. The molecule has 0 amide bonds. The molecule has 0 saturated heterocycles. The first-order valence-corrected chi connectivity index (χ1v) is 18.6. The van der Waals surface area contributed by atoms with Gasteiger partial charge in [-0.2, -0.15) is 0 Å². The predicted octanol–water partition coefficient (Wildman–Crippen LogP) is 9.91. The Labute approximate surface area is 272 Å². The summed E-state index contributed by atoms with van der Waals surface area (Å²) in [6, 6.07) is 46.0. The molecule has 2 heteroatoms. The van der Waals surface area contributed by atoms with Crippen molar-refractivity contribution in [2.45, 2.75) is 40.3 Å². The average Bonchev–Trinajstić information content (AvgIpc) is 3.50. The van der Waals surface area contributed by atoms with Crippen LogP contribution in [-0.4, -0.2) is 5.66 Å². The van der Waals surface area contributed by atoms with Crippen molar-refractivity contribution >= 4 is 58.6 Å². The Balaban J connectivity index is 1.41. The molecule has 7 rings (SSSR count). The van der Waals surface area contributed by atoms with Crippen molar-refractivity contribution in [3.63, 3.8) is 0 Å². The predicted molar refractivity (Wildman–Crippen MR) is 201 cm³/mol. The van der Waals surface area contributed by atoms with Crippen molar-refractivity contribution < 1.29 is 0 Å². The van der Waals surface area contributed by atoms with Crippen LogP contribution in [0.3, 0.4) is 0 Å². The molecule has 1 saturated carbocycles. The van der Waals surface area contributed by atoms with Crippen LogP contribution in [0.5, 0.6) is 0 Å². The van der Waals surface area contributed by atoms with Crippen LogP contribution < -0.4 is 21.2 Å². The zero-order valence-electron chi connectivity index (χ0n) is 26.8. The molecule has 0 heterocycles. The molecule has 6 aromatic rings. The van der Waals surface area contributed by atoms with Crippen LogP contribution in [0, 0.1) is 58.5 Å². The fourth-order valence-corrected chi connectivity index (χ4v) is 13.2. The highest BCUT2D eigenvalue weighted by atomic mass is 31.1. The minimum absolute atomic E-state index is 0.336. The van der Waals surface area contributed by atoms with E-state index in [4.69, 9.17) is 0 Å². The second-order valence-electron chi connectivity index (χ2n) is 12.4. The summed E-state index contributed by atoms with van der Waals surface area (Å²) in [6.45, 7) is 11.4. The van der Waals surface area contributed by atoms with Gasteiger partial charge in [-0.05, 0) is 117 Å². The Morgan fingerprint density at radius 1 is 0.489 bits per heavy atom. The summed E-state index contributed by atoms with van der Waals surface area (Å²) in [5.74, 6) is 1.48. The number of hydrogen-bond acceptors (Lipinski definition) is 0. The first-order valence-electron chi connectivity index (χ1n) is 15.8. The van der Waals surface area contributed by atoms with Crippen LogP contribution in [0.25, 0.3) is 21.5 Å². The van der Waals surface area contributed by atoms with E-state index in [0.717, 1.165) is 0 Å². The molecule has 0 spiro atoms. The van der Waals surface area contributed by atoms with Crippen molar-refractivity contribution in [1.82, 2.24) is 0 Å². The summed E-state index contributed by atoms with van der Waals surface area (Å²) in [7, 11) is -1.50. The molecule has 1 aliphatic carbocycles. The van der Waals surface area contributed by atoms with Gasteiger partial charge in [0.25, 0.3) is 0 Å². The van der Waals surface area contributed by atoms with E-state index in [0.29, 0.717) is 5.66 Å². The molecule has 0 bridgehead atoms. The lowest BCUT2D eigenvalue weighted by Crippen LogP contribution is -2.29. The van der Waals surface area contributed by atoms with Gasteiger partial charge < -0.3 is 0 Å².